The first-order chi connectivity index (χ1) is 7.61. The van der Waals surface area contributed by atoms with Crippen LogP contribution in [-0.4, -0.2) is 21.2 Å². The molecule has 6 nitrogen and oxygen atoms in total. The zero-order valence-corrected chi connectivity index (χ0v) is 9.99. The van der Waals surface area contributed by atoms with Crippen molar-refractivity contribution in [3.63, 3.8) is 0 Å². The second-order valence-electron chi connectivity index (χ2n) is 3.70. The van der Waals surface area contributed by atoms with Crippen molar-refractivity contribution in [1.82, 2.24) is 9.78 Å². The lowest BCUT2D eigenvalue weighted by molar-refractivity contribution is -0.384. The molecule has 0 amide bonds. The number of hydrogen-bond donors (Lipinski definition) is 1. The molecule has 0 unspecified atom stereocenters. The Morgan fingerprint density at radius 2 is 2.12 bits per heavy atom. The summed E-state index contributed by atoms with van der Waals surface area (Å²) in [6, 6.07) is 0. The zero-order chi connectivity index (χ0) is 12.1. The molecule has 90 valence electrons. The minimum absolute atomic E-state index is 0.123. The van der Waals surface area contributed by atoms with E-state index in [1.165, 1.54) is 0 Å². The topological polar surface area (TPSA) is 73.0 Å². The third-order valence-electron chi connectivity index (χ3n) is 2.30. The molecule has 1 heterocycles. The van der Waals surface area contributed by atoms with Gasteiger partial charge >= 0.3 is 5.69 Å². The van der Waals surface area contributed by atoms with Crippen LogP contribution in [0.2, 0.25) is 0 Å². The van der Waals surface area contributed by atoms with Gasteiger partial charge in [-0.25, -0.2) is 4.68 Å². The molecular weight excluding hydrogens is 208 g/mol. The minimum Gasteiger partial charge on any atom is -0.365 e. The summed E-state index contributed by atoms with van der Waals surface area (Å²) in [5.41, 5.74) is 0.686. The van der Waals surface area contributed by atoms with E-state index >= 15 is 0 Å². The van der Waals surface area contributed by atoms with Gasteiger partial charge in [0.25, 0.3) is 0 Å². The third kappa shape index (κ3) is 2.50. The number of aromatic nitrogens is 2. The minimum atomic E-state index is -0.351. The van der Waals surface area contributed by atoms with E-state index in [2.05, 4.69) is 10.4 Å². The van der Waals surface area contributed by atoms with Crippen LogP contribution in [0.1, 0.15) is 32.4 Å². The molecule has 0 radical (unpaired) electrons. The van der Waals surface area contributed by atoms with Crippen LogP contribution in [0.3, 0.4) is 0 Å². The molecule has 1 aromatic heterocycles. The van der Waals surface area contributed by atoms with Gasteiger partial charge in [0.05, 0.1) is 4.92 Å². The number of nitro groups is 1. The Bertz CT molecular complexity index is 373. The van der Waals surface area contributed by atoms with Crippen molar-refractivity contribution < 1.29 is 4.92 Å². The quantitative estimate of drug-likeness (QED) is 0.595. The van der Waals surface area contributed by atoms with Crippen LogP contribution in [0.25, 0.3) is 0 Å². The first-order valence-corrected chi connectivity index (χ1v) is 5.55. The van der Waals surface area contributed by atoms with Crippen LogP contribution in [0.15, 0.2) is 0 Å². The van der Waals surface area contributed by atoms with Crippen LogP contribution in [0.5, 0.6) is 0 Å². The van der Waals surface area contributed by atoms with E-state index in [1.807, 2.05) is 13.8 Å². The van der Waals surface area contributed by atoms with Crippen molar-refractivity contribution in [3.8, 4) is 0 Å². The van der Waals surface area contributed by atoms with Crippen molar-refractivity contribution in [2.45, 2.75) is 33.1 Å². The number of hydrogen-bond acceptors (Lipinski definition) is 4. The lowest BCUT2D eigenvalue weighted by atomic mass is 10.2. The van der Waals surface area contributed by atoms with E-state index < -0.39 is 0 Å². The van der Waals surface area contributed by atoms with Gasteiger partial charge in [0.1, 0.15) is 5.69 Å². The number of rotatable bonds is 6. The van der Waals surface area contributed by atoms with Gasteiger partial charge in [-0.2, -0.15) is 5.10 Å². The molecule has 0 aromatic carbocycles. The summed E-state index contributed by atoms with van der Waals surface area (Å²) in [4.78, 5) is 10.7. The van der Waals surface area contributed by atoms with Crippen molar-refractivity contribution in [2.24, 2.45) is 7.05 Å². The van der Waals surface area contributed by atoms with Crippen molar-refractivity contribution in [2.75, 3.05) is 11.9 Å². The Morgan fingerprint density at radius 1 is 1.44 bits per heavy atom. The summed E-state index contributed by atoms with van der Waals surface area (Å²) in [5.74, 6) is 0.510. The molecule has 1 aromatic rings. The molecule has 0 spiro atoms. The first-order valence-electron chi connectivity index (χ1n) is 5.55. The van der Waals surface area contributed by atoms with Gasteiger partial charge in [-0.15, -0.1) is 0 Å². The molecule has 0 atom stereocenters. The highest BCUT2D eigenvalue weighted by molar-refractivity contribution is 5.59. The van der Waals surface area contributed by atoms with Gasteiger partial charge in [-0.05, 0) is 12.8 Å². The Balaban J connectivity index is 3.08. The van der Waals surface area contributed by atoms with E-state index in [-0.39, 0.29) is 10.6 Å². The fourth-order valence-electron chi connectivity index (χ4n) is 1.61. The average molecular weight is 226 g/mol. The van der Waals surface area contributed by atoms with E-state index in [4.69, 9.17) is 0 Å². The molecule has 0 bridgehead atoms. The summed E-state index contributed by atoms with van der Waals surface area (Å²) in [6.07, 6.45) is 2.41. The maximum atomic E-state index is 11.0. The van der Waals surface area contributed by atoms with Crippen LogP contribution in [-0.2, 0) is 13.5 Å². The van der Waals surface area contributed by atoms with Crippen LogP contribution in [0, 0.1) is 10.1 Å². The first kappa shape index (κ1) is 12.5. The number of anilines is 1. The van der Waals surface area contributed by atoms with E-state index in [0.717, 1.165) is 12.8 Å². The Labute approximate surface area is 94.8 Å². The molecule has 0 aliphatic carbocycles. The van der Waals surface area contributed by atoms with Gasteiger partial charge in [0, 0.05) is 13.6 Å². The fourth-order valence-corrected chi connectivity index (χ4v) is 1.61. The molecule has 16 heavy (non-hydrogen) atoms. The molecule has 0 saturated carbocycles. The second kappa shape index (κ2) is 5.48. The molecule has 0 fully saturated rings. The van der Waals surface area contributed by atoms with Gasteiger partial charge < -0.3 is 5.32 Å². The molecule has 0 aliphatic heterocycles. The van der Waals surface area contributed by atoms with Crippen molar-refractivity contribution >= 4 is 11.5 Å². The number of aryl methyl sites for hydroxylation is 2. The Hall–Kier alpha value is -1.59. The summed E-state index contributed by atoms with van der Waals surface area (Å²) < 4.78 is 1.55. The molecule has 1 rings (SSSR count). The maximum Gasteiger partial charge on any atom is 0.333 e. The summed E-state index contributed by atoms with van der Waals surface area (Å²) in [5, 5.41) is 18.2. The second-order valence-corrected chi connectivity index (χ2v) is 3.70. The fraction of sp³-hybridized carbons (Fsp3) is 0.700. The average Bonchev–Trinajstić information content (AvgIpc) is 2.52. The number of nitrogens with one attached hydrogen (secondary N) is 1. The molecular formula is C10H18N4O2. The largest absolute Gasteiger partial charge is 0.365 e. The molecule has 0 aliphatic rings. The van der Waals surface area contributed by atoms with Crippen molar-refractivity contribution in [1.29, 1.82) is 0 Å². The molecule has 1 N–H and O–H groups in total. The maximum absolute atomic E-state index is 11.0. The zero-order valence-electron chi connectivity index (χ0n) is 9.99. The number of nitrogens with zero attached hydrogens (tertiary/aromatic N) is 3. The van der Waals surface area contributed by atoms with E-state index in [1.54, 1.807) is 11.7 Å². The van der Waals surface area contributed by atoms with E-state index in [0.29, 0.717) is 24.5 Å². The SMILES string of the molecule is CCCNc1c([N+](=O)[O-])c(CCC)nn1C. The third-order valence-corrected chi connectivity index (χ3v) is 2.30. The van der Waals surface area contributed by atoms with Crippen LogP contribution < -0.4 is 5.32 Å². The highest BCUT2D eigenvalue weighted by Gasteiger charge is 2.25. The van der Waals surface area contributed by atoms with Gasteiger partial charge in [0.2, 0.25) is 5.82 Å². The predicted molar refractivity (Wildman–Crippen MR) is 62.6 cm³/mol. The normalized spacial score (nSPS) is 10.4. The Kier molecular flexibility index (Phi) is 4.28. The highest BCUT2D eigenvalue weighted by Crippen LogP contribution is 2.28. The smallest absolute Gasteiger partial charge is 0.333 e. The standard InChI is InChI=1S/C10H18N4O2/c1-4-6-8-9(14(15)16)10(11-7-5-2)13(3)12-8/h11H,4-7H2,1-3H3. The summed E-state index contributed by atoms with van der Waals surface area (Å²) in [6.45, 7) is 4.71. The van der Waals surface area contributed by atoms with Gasteiger partial charge in [-0.1, -0.05) is 20.3 Å². The lowest BCUT2D eigenvalue weighted by Gasteiger charge is -2.03. The monoisotopic (exact) mass is 226 g/mol. The van der Waals surface area contributed by atoms with E-state index in [9.17, 15) is 10.1 Å². The van der Waals surface area contributed by atoms with Gasteiger partial charge in [0.15, 0.2) is 0 Å². The molecule has 0 saturated heterocycles. The molecule has 6 heteroatoms. The summed E-state index contributed by atoms with van der Waals surface area (Å²) in [7, 11) is 1.73. The predicted octanol–water partition coefficient (Wildman–Crippen LogP) is 2.10. The summed E-state index contributed by atoms with van der Waals surface area (Å²) >= 11 is 0. The Morgan fingerprint density at radius 3 is 2.62 bits per heavy atom. The lowest BCUT2D eigenvalue weighted by Crippen LogP contribution is -2.06. The highest BCUT2D eigenvalue weighted by atomic mass is 16.6. The van der Waals surface area contributed by atoms with Crippen LogP contribution >= 0.6 is 0 Å². The van der Waals surface area contributed by atoms with Crippen molar-refractivity contribution in [3.05, 3.63) is 15.8 Å². The van der Waals surface area contributed by atoms with Gasteiger partial charge in [-0.3, -0.25) is 10.1 Å². The van der Waals surface area contributed by atoms with Crippen LogP contribution in [0.4, 0.5) is 11.5 Å².